The number of carbonyl (C=O) groups is 3. The van der Waals surface area contributed by atoms with Crippen molar-refractivity contribution in [2.45, 2.75) is 83.3 Å². The van der Waals surface area contributed by atoms with E-state index in [9.17, 15) is 29.1 Å². The molecule has 0 aliphatic carbocycles. The smallest absolute Gasteiger partial charge is 0.408 e. The second-order valence-electron chi connectivity index (χ2n) is 14.0. The number of ketones is 1. The van der Waals surface area contributed by atoms with E-state index in [0.717, 1.165) is 29.5 Å². The van der Waals surface area contributed by atoms with E-state index >= 15 is 0 Å². The molecule has 5 heterocycles. The number of carbonyl (C=O) groups excluding carboxylic acids is 2. The Bertz CT molecular complexity index is 2000. The van der Waals surface area contributed by atoms with Crippen molar-refractivity contribution in [2.75, 3.05) is 19.6 Å². The number of amides is 2. The van der Waals surface area contributed by atoms with Gasteiger partial charge in [-0.2, -0.15) is 0 Å². The average molecular weight is 693 g/mol. The highest BCUT2D eigenvalue weighted by atomic mass is 35.5. The third-order valence-electron chi connectivity index (χ3n) is 10.4. The van der Waals surface area contributed by atoms with Gasteiger partial charge in [-0.3, -0.25) is 14.5 Å². The summed E-state index contributed by atoms with van der Waals surface area (Å²) >= 11 is 0. The van der Waals surface area contributed by atoms with Gasteiger partial charge in [-0.1, -0.05) is 18.2 Å². The van der Waals surface area contributed by atoms with E-state index in [4.69, 9.17) is 4.74 Å². The Hall–Kier alpha value is -4.62. The first-order valence-corrected chi connectivity index (χ1v) is 16.4. The van der Waals surface area contributed by atoms with Crippen molar-refractivity contribution in [3.8, 4) is 11.4 Å². The molecule has 49 heavy (non-hydrogen) atoms. The van der Waals surface area contributed by atoms with Crippen LogP contribution < -0.4 is 21.4 Å². The topological polar surface area (TPSA) is 148 Å². The zero-order valence-electron chi connectivity index (χ0n) is 28.1. The van der Waals surface area contributed by atoms with Crippen LogP contribution in [0, 0.1) is 0 Å². The molecule has 7 rings (SSSR count). The normalized spacial score (nSPS) is 25.2. The van der Waals surface area contributed by atoms with Gasteiger partial charge in [-0.05, 0) is 95.5 Å². The van der Waals surface area contributed by atoms with E-state index in [1.807, 2.05) is 52.0 Å². The molecular weight excluding hydrogens is 652 g/mol. The summed E-state index contributed by atoms with van der Waals surface area (Å²) in [7, 11) is 0. The minimum absolute atomic E-state index is 0. The van der Waals surface area contributed by atoms with Gasteiger partial charge in [0, 0.05) is 24.2 Å². The molecule has 0 radical (unpaired) electrons. The first-order chi connectivity index (χ1) is 22.7. The van der Waals surface area contributed by atoms with Crippen LogP contribution in [0.2, 0.25) is 0 Å². The number of halogens is 1. The van der Waals surface area contributed by atoms with Crippen molar-refractivity contribution in [1.82, 2.24) is 29.0 Å². The van der Waals surface area contributed by atoms with Crippen LogP contribution in [0.5, 0.6) is 5.75 Å². The maximum Gasteiger partial charge on any atom is 0.408 e. The molecule has 4 aliphatic heterocycles. The second-order valence-corrected chi connectivity index (χ2v) is 14.0. The molecule has 2 aromatic carbocycles. The molecule has 2 amide bonds. The van der Waals surface area contributed by atoms with Gasteiger partial charge in [-0.25, -0.2) is 28.3 Å². The largest absolute Gasteiger partial charge is 0.483 e. The zero-order chi connectivity index (χ0) is 34.3. The van der Waals surface area contributed by atoms with Gasteiger partial charge in [0.1, 0.15) is 17.4 Å². The van der Waals surface area contributed by atoms with Gasteiger partial charge < -0.3 is 20.1 Å². The van der Waals surface area contributed by atoms with Gasteiger partial charge in [0.25, 0.3) is 0 Å². The van der Waals surface area contributed by atoms with Gasteiger partial charge in [0.05, 0.1) is 29.9 Å². The molecule has 4 atom stereocenters. The standard InChI is InChI=1S/C35H40N6O7.ClH/c1-20-18-37(30(43)27-7-6-15-36-27)19-35(5,40(20)33(46)47)23-10-13-25-28(17-23)48-34(3,4)26-14-16-38-31(44)39(32(45)41(38)29(25)26)24-11-8-22(9-12-24)21(2)42;/h8-14,17,20,27,29,36H,6-7,15-16,18-19H2,1-5H3,(H,46,47);1H/t20?,27-,29?,35?;/m0./s1. The van der Waals surface area contributed by atoms with Crippen molar-refractivity contribution < 1.29 is 24.2 Å². The highest BCUT2D eigenvalue weighted by Crippen LogP contribution is 2.48. The molecular formula is C35H41ClN6O7. The molecule has 0 saturated carbocycles. The van der Waals surface area contributed by atoms with E-state index in [0.29, 0.717) is 34.7 Å². The predicted octanol–water partition coefficient (Wildman–Crippen LogP) is 3.30. The number of aromatic nitrogens is 3. The lowest BCUT2D eigenvalue weighted by Gasteiger charge is -2.52. The molecule has 2 fully saturated rings. The number of hydrogen-bond donors (Lipinski definition) is 2. The number of nitrogens with one attached hydrogen (secondary N) is 1. The molecule has 1 aromatic heterocycles. The van der Waals surface area contributed by atoms with E-state index in [1.165, 1.54) is 21.2 Å². The van der Waals surface area contributed by atoms with Crippen LogP contribution in [0.3, 0.4) is 0 Å². The third kappa shape index (κ3) is 5.30. The van der Waals surface area contributed by atoms with Gasteiger partial charge in [-0.15, -0.1) is 12.4 Å². The maximum absolute atomic E-state index is 14.1. The molecule has 2 saturated heterocycles. The lowest BCUT2D eigenvalue weighted by molar-refractivity contribution is -0.140. The Morgan fingerprint density at radius 1 is 1.02 bits per heavy atom. The second kappa shape index (κ2) is 12.1. The Labute approximate surface area is 289 Å². The van der Waals surface area contributed by atoms with Gasteiger partial charge in [0.15, 0.2) is 5.78 Å². The summed E-state index contributed by atoms with van der Waals surface area (Å²) in [6, 6.07) is 10.4. The summed E-state index contributed by atoms with van der Waals surface area (Å²) < 4.78 is 10.6. The number of hydrogen-bond acceptors (Lipinski definition) is 7. The first-order valence-electron chi connectivity index (χ1n) is 16.4. The van der Waals surface area contributed by atoms with Crippen LogP contribution in [0.1, 0.15) is 75.0 Å². The number of fused-ring (bicyclic) bond motifs is 5. The summed E-state index contributed by atoms with van der Waals surface area (Å²) in [5, 5.41) is 13.7. The van der Waals surface area contributed by atoms with Crippen LogP contribution in [-0.4, -0.2) is 83.9 Å². The minimum atomic E-state index is -1.10. The number of rotatable bonds is 4. The number of carboxylic acid groups (broad SMARTS) is 1. The molecule has 2 N–H and O–H groups in total. The fourth-order valence-corrected chi connectivity index (χ4v) is 8.11. The molecule has 260 valence electrons. The minimum Gasteiger partial charge on any atom is -0.483 e. The summed E-state index contributed by atoms with van der Waals surface area (Å²) in [5.74, 6) is 0.316. The molecule has 4 aliphatic rings. The fraction of sp³-hybridized carbons (Fsp3) is 0.457. The number of benzene rings is 2. The summed E-state index contributed by atoms with van der Waals surface area (Å²) in [5.41, 5.74) is -0.0496. The van der Waals surface area contributed by atoms with Gasteiger partial charge in [0.2, 0.25) is 5.91 Å². The van der Waals surface area contributed by atoms with Crippen molar-refractivity contribution in [1.29, 1.82) is 0 Å². The third-order valence-corrected chi connectivity index (χ3v) is 10.4. The Morgan fingerprint density at radius 2 is 1.73 bits per heavy atom. The Balaban J connectivity index is 0.00000417. The molecule has 3 unspecified atom stereocenters. The van der Waals surface area contributed by atoms with Gasteiger partial charge >= 0.3 is 17.5 Å². The lowest BCUT2D eigenvalue weighted by atomic mass is 9.80. The average Bonchev–Trinajstić information content (AvgIpc) is 3.66. The van der Waals surface area contributed by atoms with Crippen molar-refractivity contribution in [2.24, 2.45) is 0 Å². The fourth-order valence-electron chi connectivity index (χ4n) is 8.11. The van der Waals surface area contributed by atoms with Crippen LogP contribution in [0.25, 0.3) is 5.69 Å². The quantitative estimate of drug-likeness (QED) is 0.313. The van der Waals surface area contributed by atoms with Crippen LogP contribution in [0.4, 0.5) is 4.79 Å². The number of ether oxygens (including phenoxy) is 1. The Morgan fingerprint density at radius 3 is 2.37 bits per heavy atom. The number of piperazine rings is 1. The highest BCUT2D eigenvalue weighted by molar-refractivity contribution is 5.94. The van der Waals surface area contributed by atoms with E-state index in [2.05, 4.69) is 5.32 Å². The SMILES string of the molecule is CC(=O)c1ccc(-n2c(=O)n3n(c2=O)C2C(=CC3)C(C)(C)Oc3cc(C4(C)CN(C(=O)[C@@H]5CCCN5)CC(C)N4C(=O)O)ccc32)cc1.Cl. The summed E-state index contributed by atoms with van der Waals surface area (Å²) in [6.45, 7) is 10.3. The lowest BCUT2D eigenvalue weighted by Crippen LogP contribution is -2.66. The molecule has 0 spiro atoms. The molecule has 3 aromatic rings. The number of Topliss-reactive ketones (excluding diaryl/α,β-unsaturated/α-hetero) is 1. The highest BCUT2D eigenvalue weighted by Gasteiger charge is 2.49. The van der Waals surface area contributed by atoms with E-state index in [-0.39, 0.29) is 43.2 Å². The summed E-state index contributed by atoms with van der Waals surface area (Å²) in [4.78, 5) is 69.1. The van der Waals surface area contributed by atoms with Crippen LogP contribution in [-0.2, 0) is 16.9 Å². The zero-order valence-corrected chi connectivity index (χ0v) is 29.0. The van der Waals surface area contributed by atoms with Crippen LogP contribution >= 0.6 is 12.4 Å². The number of nitrogens with zero attached hydrogens (tertiary/aromatic N) is 5. The maximum atomic E-state index is 14.1. The van der Waals surface area contributed by atoms with Crippen molar-refractivity contribution in [3.63, 3.8) is 0 Å². The van der Waals surface area contributed by atoms with E-state index in [1.54, 1.807) is 29.2 Å². The van der Waals surface area contributed by atoms with Crippen LogP contribution in [0.15, 0.2) is 63.7 Å². The number of allylic oxidation sites excluding steroid dienone is 1. The monoisotopic (exact) mass is 692 g/mol. The molecule has 0 bridgehead atoms. The van der Waals surface area contributed by atoms with Crippen molar-refractivity contribution >= 4 is 30.2 Å². The van der Waals surface area contributed by atoms with Crippen molar-refractivity contribution in [3.05, 3.63) is 91.8 Å². The summed E-state index contributed by atoms with van der Waals surface area (Å²) in [6.07, 6.45) is 2.50. The Kier molecular flexibility index (Phi) is 8.43. The molecule has 13 nitrogen and oxygen atoms in total. The first kappa shape index (κ1) is 34.3. The molecule has 14 heteroatoms. The van der Waals surface area contributed by atoms with E-state index < -0.39 is 40.7 Å². The predicted molar refractivity (Wildman–Crippen MR) is 183 cm³/mol.